The highest BCUT2D eigenvalue weighted by atomic mass is 16.5. The van der Waals surface area contributed by atoms with Crippen LogP contribution < -0.4 is 15.4 Å². The van der Waals surface area contributed by atoms with Crippen LogP contribution in [-0.2, 0) is 0 Å². The Balaban J connectivity index is 1.82. The Morgan fingerprint density at radius 2 is 1.76 bits per heavy atom. The normalized spacial score (nSPS) is 16.0. The molecule has 2 heterocycles. The fraction of sp³-hybridized carbons (Fsp3) is 0.474. The van der Waals surface area contributed by atoms with Crippen molar-refractivity contribution in [3.8, 4) is 11.6 Å². The van der Waals surface area contributed by atoms with Crippen LogP contribution in [0.5, 0.6) is 11.6 Å². The van der Waals surface area contributed by atoms with Crippen LogP contribution in [-0.4, -0.2) is 48.1 Å². The Hall–Kier alpha value is -2.34. The molecule has 3 rings (SSSR count). The molecule has 0 atom stereocenters. The molecule has 2 aromatic rings. The van der Waals surface area contributed by atoms with Gasteiger partial charge in [0.15, 0.2) is 5.82 Å². The second-order valence-corrected chi connectivity index (χ2v) is 6.99. The van der Waals surface area contributed by atoms with Crippen molar-refractivity contribution in [2.24, 2.45) is 0 Å². The lowest BCUT2D eigenvalue weighted by atomic mass is 10.0. The number of nitrogen functional groups attached to an aromatic ring is 1. The van der Waals surface area contributed by atoms with Gasteiger partial charge in [-0.15, -0.1) is 0 Å². The minimum absolute atomic E-state index is 0.412. The summed E-state index contributed by atoms with van der Waals surface area (Å²) in [6.45, 7) is 6.27. The van der Waals surface area contributed by atoms with E-state index in [-0.39, 0.29) is 0 Å². The van der Waals surface area contributed by atoms with Gasteiger partial charge in [-0.2, -0.15) is 4.98 Å². The van der Waals surface area contributed by atoms with Gasteiger partial charge in [0.05, 0.1) is 0 Å². The molecular formula is C19H27N5O. The maximum absolute atomic E-state index is 6.34. The second kappa shape index (κ2) is 7.27. The number of rotatable bonds is 4. The Labute approximate surface area is 149 Å². The maximum atomic E-state index is 6.34. The number of aromatic nitrogens is 2. The molecule has 1 aliphatic rings. The molecule has 6 nitrogen and oxygen atoms in total. The lowest BCUT2D eigenvalue weighted by molar-refractivity contribution is 0.252. The predicted octanol–water partition coefficient (Wildman–Crippen LogP) is 3.00. The summed E-state index contributed by atoms with van der Waals surface area (Å²) in [6, 6.07) is 6.50. The highest BCUT2D eigenvalue weighted by Gasteiger charge is 2.24. The standard InChI is InChI=1S/C19H27N5O/c1-13-9-14(2)11-16(10-13)25-19-17(20)18(21-12-22-19)24(4)15-5-7-23(3)8-6-15/h9-12,15H,5-8,20H2,1-4H3. The van der Waals surface area contributed by atoms with Crippen LogP contribution in [0, 0.1) is 13.8 Å². The maximum Gasteiger partial charge on any atom is 0.248 e. The van der Waals surface area contributed by atoms with Crippen LogP contribution in [0.25, 0.3) is 0 Å². The van der Waals surface area contributed by atoms with E-state index in [0.29, 0.717) is 17.6 Å². The Morgan fingerprint density at radius 1 is 1.12 bits per heavy atom. The van der Waals surface area contributed by atoms with Crippen LogP contribution in [0.3, 0.4) is 0 Å². The monoisotopic (exact) mass is 341 g/mol. The number of benzene rings is 1. The molecule has 0 saturated carbocycles. The number of anilines is 2. The number of hydrogen-bond donors (Lipinski definition) is 1. The average molecular weight is 341 g/mol. The van der Waals surface area contributed by atoms with Gasteiger partial charge < -0.3 is 20.3 Å². The summed E-state index contributed by atoms with van der Waals surface area (Å²) >= 11 is 0. The van der Waals surface area contributed by atoms with Crippen LogP contribution >= 0.6 is 0 Å². The van der Waals surface area contributed by atoms with Crippen molar-refractivity contribution in [2.45, 2.75) is 32.7 Å². The van der Waals surface area contributed by atoms with Crippen LogP contribution in [0.1, 0.15) is 24.0 Å². The zero-order valence-corrected chi connectivity index (χ0v) is 15.5. The first kappa shape index (κ1) is 17.5. The first-order chi connectivity index (χ1) is 11.9. The molecule has 1 aliphatic heterocycles. The molecule has 0 amide bonds. The highest BCUT2D eigenvalue weighted by Crippen LogP contribution is 2.33. The topological polar surface area (TPSA) is 67.5 Å². The van der Waals surface area contributed by atoms with Crippen molar-refractivity contribution >= 4 is 11.5 Å². The van der Waals surface area contributed by atoms with Crippen molar-refractivity contribution < 1.29 is 4.74 Å². The first-order valence-corrected chi connectivity index (χ1v) is 8.72. The summed E-state index contributed by atoms with van der Waals surface area (Å²) in [5, 5.41) is 0. The van der Waals surface area contributed by atoms with Gasteiger partial charge in [-0.1, -0.05) is 6.07 Å². The Kier molecular flexibility index (Phi) is 5.08. The number of likely N-dealkylation sites (tertiary alicyclic amines) is 1. The summed E-state index contributed by atoms with van der Waals surface area (Å²) in [5.74, 6) is 1.90. The molecule has 25 heavy (non-hydrogen) atoms. The molecule has 6 heteroatoms. The molecule has 0 spiro atoms. The molecule has 1 saturated heterocycles. The number of hydrogen-bond acceptors (Lipinski definition) is 6. The third-order valence-electron chi connectivity index (χ3n) is 4.81. The summed E-state index contributed by atoms with van der Waals surface area (Å²) in [6.07, 6.45) is 3.72. The van der Waals surface area contributed by atoms with E-state index in [4.69, 9.17) is 10.5 Å². The van der Waals surface area contributed by atoms with Gasteiger partial charge in [0.2, 0.25) is 5.88 Å². The van der Waals surface area contributed by atoms with Crippen molar-refractivity contribution in [1.29, 1.82) is 0 Å². The fourth-order valence-corrected chi connectivity index (χ4v) is 3.39. The van der Waals surface area contributed by atoms with Gasteiger partial charge in [0.1, 0.15) is 17.8 Å². The summed E-state index contributed by atoms with van der Waals surface area (Å²) in [5.41, 5.74) is 9.12. The minimum Gasteiger partial charge on any atom is -0.437 e. The Morgan fingerprint density at radius 3 is 2.40 bits per heavy atom. The van der Waals surface area contributed by atoms with Crippen LogP contribution in [0.4, 0.5) is 11.5 Å². The van der Waals surface area contributed by atoms with Crippen LogP contribution in [0.15, 0.2) is 24.5 Å². The lowest BCUT2D eigenvalue weighted by Gasteiger charge is -2.36. The predicted molar refractivity (Wildman–Crippen MR) is 101 cm³/mol. The van der Waals surface area contributed by atoms with E-state index in [9.17, 15) is 0 Å². The number of nitrogens with zero attached hydrogens (tertiary/aromatic N) is 4. The van der Waals surface area contributed by atoms with E-state index in [1.807, 2.05) is 26.0 Å². The molecule has 0 radical (unpaired) electrons. The largest absolute Gasteiger partial charge is 0.437 e. The van der Waals surface area contributed by atoms with Crippen molar-refractivity contribution in [3.05, 3.63) is 35.7 Å². The van der Waals surface area contributed by atoms with Gasteiger partial charge >= 0.3 is 0 Å². The molecule has 134 valence electrons. The second-order valence-electron chi connectivity index (χ2n) is 6.99. The minimum atomic E-state index is 0.412. The van der Waals surface area contributed by atoms with E-state index in [2.05, 4.69) is 39.9 Å². The van der Waals surface area contributed by atoms with E-state index in [0.717, 1.165) is 48.6 Å². The smallest absolute Gasteiger partial charge is 0.248 e. The third kappa shape index (κ3) is 4.02. The average Bonchev–Trinajstić information content (AvgIpc) is 2.56. The molecule has 1 aromatic carbocycles. The lowest BCUT2D eigenvalue weighted by Crippen LogP contribution is -2.42. The van der Waals surface area contributed by atoms with E-state index in [1.54, 1.807) is 0 Å². The fourth-order valence-electron chi connectivity index (χ4n) is 3.39. The zero-order valence-electron chi connectivity index (χ0n) is 15.5. The molecule has 1 aromatic heterocycles. The summed E-state index contributed by atoms with van der Waals surface area (Å²) in [4.78, 5) is 13.2. The molecule has 2 N–H and O–H groups in total. The molecular weight excluding hydrogens is 314 g/mol. The van der Waals surface area contributed by atoms with Gasteiger partial charge in [0.25, 0.3) is 0 Å². The number of piperidine rings is 1. The van der Waals surface area contributed by atoms with E-state index in [1.165, 1.54) is 6.33 Å². The van der Waals surface area contributed by atoms with Gasteiger partial charge in [-0.05, 0) is 70.1 Å². The van der Waals surface area contributed by atoms with Crippen molar-refractivity contribution in [1.82, 2.24) is 14.9 Å². The van der Waals surface area contributed by atoms with E-state index < -0.39 is 0 Å². The number of aryl methyl sites for hydroxylation is 2. The number of ether oxygens (including phenoxy) is 1. The van der Waals surface area contributed by atoms with Gasteiger partial charge in [-0.3, -0.25) is 0 Å². The summed E-state index contributed by atoms with van der Waals surface area (Å²) < 4.78 is 5.96. The van der Waals surface area contributed by atoms with Gasteiger partial charge in [0, 0.05) is 13.1 Å². The molecule has 1 fully saturated rings. The van der Waals surface area contributed by atoms with Gasteiger partial charge in [-0.25, -0.2) is 4.98 Å². The third-order valence-corrected chi connectivity index (χ3v) is 4.81. The molecule has 0 aliphatic carbocycles. The summed E-state index contributed by atoms with van der Waals surface area (Å²) in [7, 11) is 4.21. The number of nitrogens with two attached hydrogens (primary N) is 1. The Bertz CT molecular complexity index is 720. The zero-order chi connectivity index (χ0) is 18.0. The highest BCUT2D eigenvalue weighted by molar-refractivity contribution is 5.68. The van der Waals surface area contributed by atoms with Crippen LogP contribution in [0.2, 0.25) is 0 Å². The molecule has 0 bridgehead atoms. The quantitative estimate of drug-likeness (QED) is 0.922. The van der Waals surface area contributed by atoms with Crippen molar-refractivity contribution in [3.63, 3.8) is 0 Å². The SMILES string of the molecule is Cc1cc(C)cc(Oc2ncnc(N(C)C3CCN(C)CC3)c2N)c1. The first-order valence-electron chi connectivity index (χ1n) is 8.72. The van der Waals surface area contributed by atoms with E-state index >= 15 is 0 Å². The van der Waals surface area contributed by atoms with Crippen molar-refractivity contribution in [2.75, 3.05) is 37.8 Å². The molecule has 0 unspecified atom stereocenters.